The number of aromatic nitrogens is 3. The number of hydrogen-bond donors (Lipinski definition) is 0. The summed E-state index contributed by atoms with van der Waals surface area (Å²) < 4.78 is 1.91. The highest BCUT2D eigenvalue weighted by Gasteiger charge is 2.19. The largest absolute Gasteiger partial charge is 0.339 e. The molecule has 0 aliphatic heterocycles. The SMILES string of the molecule is Cc1nc2c3ccccc3nn2c(C)c1CCC(=O)N(C)C(C)c1ccccc1. The van der Waals surface area contributed by atoms with Gasteiger partial charge in [-0.1, -0.05) is 42.5 Å². The van der Waals surface area contributed by atoms with Crippen molar-refractivity contribution in [1.29, 1.82) is 0 Å². The van der Waals surface area contributed by atoms with Crippen molar-refractivity contribution in [2.24, 2.45) is 0 Å². The van der Waals surface area contributed by atoms with Crippen molar-refractivity contribution < 1.29 is 4.79 Å². The Kier molecular flexibility index (Phi) is 5.05. The Hall–Kier alpha value is -3.21. The Morgan fingerprint density at radius 2 is 1.76 bits per heavy atom. The van der Waals surface area contributed by atoms with Gasteiger partial charge in [-0.2, -0.15) is 5.10 Å². The Balaban J connectivity index is 1.56. The van der Waals surface area contributed by atoms with Crippen molar-refractivity contribution in [3.8, 4) is 0 Å². The van der Waals surface area contributed by atoms with Crippen LogP contribution in [0.4, 0.5) is 0 Å². The van der Waals surface area contributed by atoms with Crippen molar-refractivity contribution in [2.45, 2.75) is 39.7 Å². The van der Waals surface area contributed by atoms with Crippen LogP contribution < -0.4 is 0 Å². The summed E-state index contributed by atoms with van der Waals surface area (Å²) in [6.07, 6.45) is 1.10. The van der Waals surface area contributed by atoms with E-state index in [0.717, 1.165) is 39.1 Å². The highest BCUT2D eigenvalue weighted by Crippen LogP contribution is 2.24. The van der Waals surface area contributed by atoms with Gasteiger partial charge in [0, 0.05) is 30.2 Å². The summed E-state index contributed by atoms with van der Waals surface area (Å²) >= 11 is 0. The van der Waals surface area contributed by atoms with Crippen molar-refractivity contribution in [3.05, 3.63) is 77.1 Å². The van der Waals surface area contributed by atoms with Gasteiger partial charge in [0.15, 0.2) is 5.65 Å². The molecule has 2 aromatic heterocycles. The number of nitrogens with zero attached hydrogens (tertiary/aromatic N) is 4. The lowest BCUT2D eigenvalue weighted by Crippen LogP contribution is -2.30. The number of fused-ring (bicyclic) bond motifs is 3. The van der Waals surface area contributed by atoms with Crippen molar-refractivity contribution >= 4 is 22.5 Å². The summed E-state index contributed by atoms with van der Waals surface area (Å²) in [4.78, 5) is 19.5. The smallest absolute Gasteiger partial charge is 0.223 e. The third kappa shape index (κ3) is 3.48. The molecule has 5 heteroatoms. The van der Waals surface area contributed by atoms with Gasteiger partial charge in [-0.05, 0) is 50.5 Å². The maximum atomic E-state index is 12.8. The summed E-state index contributed by atoms with van der Waals surface area (Å²) in [5.41, 5.74) is 6.07. The maximum Gasteiger partial charge on any atom is 0.223 e. The summed E-state index contributed by atoms with van der Waals surface area (Å²) in [5, 5.41) is 5.76. The van der Waals surface area contributed by atoms with Gasteiger partial charge in [-0.3, -0.25) is 4.79 Å². The van der Waals surface area contributed by atoms with E-state index >= 15 is 0 Å². The van der Waals surface area contributed by atoms with E-state index in [2.05, 4.69) is 26.0 Å². The molecule has 0 spiro atoms. The van der Waals surface area contributed by atoms with E-state index in [-0.39, 0.29) is 11.9 Å². The molecule has 0 aliphatic carbocycles. The molecule has 0 saturated heterocycles. The van der Waals surface area contributed by atoms with Gasteiger partial charge in [0.1, 0.15) is 0 Å². The molecule has 4 rings (SSSR count). The van der Waals surface area contributed by atoms with Gasteiger partial charge in [0.2, 0.25) is 5.91 Å². The summed E-state index contributed by atoms with van der Waals surface area (Å²) in [5.74, 6) is 0.130. The number of carbonyl (C=O) groups excluding carboxylic acids is 1. The molecule has 5 nitrogen and oxygen atoms in total. The first-order valence-corrected chi connectivity index (χ1v) is 10.0. The molecule has 1 amide bonds. The molecule has 0 aliphatic rings. The fourth-order valence-corrected chi connectivity index (χ4v) is 3.92. The van der Waals surface area contributed by atoms with Gasteiger partial charge < -0.3 is 4.90 Å². The van der Waals surface area contributed by atoms with E-state index in [1.54, 1.807) is 0 Å². The minimum absolute atomic E-state index is 0.0444. The van der Waals surface area contributed by atoms with Crippen LogP contribution in [0, 0.1) is 13.8 Å². The lowest BCUT2D eigenvalue weighted by Gasteiger charge is -2.25. The maximum absolute atomic E-state index is 12.8. The van der Waals surface area contributed by atoms with Crippen LogP contribution in [0.1, 0.15) is 41.9 Å². The Bertz CT molecular complexity index is 1180. The first-order chi connectivity index (χ1) is 14.0. The van der Waals surface area contributed by atoms with Crippen LogP contribution in [0.15, 0.2) is 54.6 Å². The van der Waals surface area contributed by atoms with Gasteiger partial charge in [-0.15, -0.1) is 0 Å². The van der Waals surface area contributed by atoms with Crippen molar-refractivity contribution in [2.75, 3.05) is 7.05 Å². The molecule has 0 radical (unpaired) electrons. The minimum atomic E-state index is 0.0444. The van der Waals surface area contributed by atoms with Gasteiger partial charge >= 0.3 is 0 Å². The van der Waals surface area contributed by atoms with Crippen LogP contribution in [-0.4, -0.2) is 32.5 Å². The lowest BCUT2D eigenvalue weighted by atomic mass is 10.0. The molecule has 0 saturated carbocycles. The van der Waals surface area contributed by atoms with E-state index in [1.807, 2.05) is 65.9 Å². The van der Waals surface area contributed by atoms with Crippen LogP contribution in [0.25, 0.3) is 16.6 Å². The molecule has 29 heavy (non-hydrogen) atoms. The monoisotopic (exact) mass is 386 g/mol. The van der Waals surface area contributed by atoms with E-state index in [1.165, 1.54) is 0 Å². The van der Waals surface area contributed by atoms with Crippen LogP contribution in [0.3, 0.4) is 0 Å². The molecule has 0 bridgehead atoms. The predicted molar refractivity (Wildman–Crippen MR) is 116 cm³/mol. The predicted octanol–water partition coefficient (Wildman–Crippen LogP) is 4.65. The first-order valence-electron chi connectivity index (χ1n) is 10.0. The second-order valence-corrected chi connectivity index (χ2v) is 7.61. The molecule has 1 atom stereocenters. The highest BCUT2D eigenvalue weighted by atomic mass is 16.2. The zero-order valence-corrected chi connectivity index (χ0v) is 17.4. The summed E-state index contributed by atoms with van der Waals surface area (Å²) in [7, 11) is 1.88. The number of hydrogen-bond acceptors (Lipinski definition) is 3. The fraction of sp³-hybridized carbons (Fsp3) is 0.292. The van der Waals surface area contributed by atoms with Crippen molar-refractivity contribution in [1.82, 2.24) is 19.5 Å². The zero-order valence-electron chi connectivity index (χ0n) is 17.4. The second-order valence-electron chi connectivity index (χ2n) is 7.61. The van der Waals surface area contributed by atoms with Gasteiger partial charge in [0.25, 0.3) is 0 Å². The molecular formula is C24H26N4O. The van der Waals surface area contributed by atoms with Gasteiger partial charge in [-0.25, -0.2) is 9.50 Å². The normalized spacial score (nSPS) is 12.4. The Morgan fingerprint density at radius 3 is 2.52 bits per heavy atom. The number of benzene rings is 2. The molecule has 0 N–H and O–H groups in total. The molecule has 4 aromatic rings. The lowest BCUT2D eigenvalue weighted by molar-refractivity contribution is -0.131. The van der Waals surface area contributed by atoms with E-state index in [9.17, 15) is 4.79 Å². The quantitative estimate of drug-likeness (QED) is 0.502. The third-order valence-corrected chi connectivity index (χ3v) is 5.86. The number of amides is 1. The molecule has 2 heterocycles. The van der Waals surface area contributed by atoms with Crippen LogP contribution >= 0.6 is 0 Å². The number of rotatable bonds is 5. The molecular weight excluding hydrogens is 360 g/mol. The third-order valence-electron chi connectivity index (χ3n) is 5.86. The topological polar surface area (TPSA) is 50.5 Å². The minimum Gasteiger partial charge on any atom is -0.339 e. The fourth-order valence-electron chi connectivity index (χ4n) is 3.92. The van der Waals surface area contributed by atoms with E-state index in [0.29, 0.717) is 12.8 Å². The zero-order chi connectivity index (χ0) is 20.5. The number of carbonyl (C=O) groups is 1. The van der Waals surface area contributed by atoms with Crippen molar-refractivity contribution in [3.63, 3.8) is 0 Å². The standard InChI is InChI=1S/C24H26N4O/c1-16-20(14-15-23(29)27(4)17(2)19-10-6-5-7-11-19)18(3)28-24(25-16)21-12-8-9-13-22(21)26-28/h5-13,17H,14-15H2,1-4H3. The van der Waals surface area contributed by atoms with Crippen LogP contribution in [0.5, 0.6) is 0 Å². The molecule has 148 valence electrons. The highest BCUT2D eigenvalue weighted by molar-refractivity contribution is 5.92. The first kappa shape index (κ1) is 19.1. The molecule has 0 fully saturated rings. The average Bonchev–Trinajstić information content (AvgIpc) is 3.12. The van der Waals surface area contributed by atoms with E-state index < -0.39 is 0 Å². The summed E-state index contributed by atoms with van der Waals surface area (Å²) in [6, 6.07) is 18.2. The van der Waals surface area contributed by atoms with E-state index in [4.69, 9.17) is 10.1 Å². The number of aryl methyl sites for hydroxylation is 2. The summed E-state index contributed by atoms with van der Waals surface area (Å²) in [6.45, 7) is 6.14. The van der Waals surface area contributed by atoms with Crippen LogP contribution in [0.2, 0.25) is 0 Å². The Morgan fingerprint density at radius 1 is 1.07 bits per heavy atom. The molecule has 1 unspecified atom stereocenters. The molecule has 2 aromatic carbocycles. The Labute approximate surface area is 171 Å². The average molecular weight is 386 g/mol. The second kappa shape index (κ2) is 7.66. The van der Waals surface area contributed by atoms with Gasteiger partial charge in [0.05, 0.1) is 11.6 Å². The van der Waals surface area contributed by atoms with Crippen LogP contribution in [-0.2, 0) is 11.2 Å².